The maximum absolute atomic E-state index is 4.41. The topological polar surface area (TPSA) is 41.6 Å². The first-order valence-electron chi connectivity index (χ1n) is 4.39. The summed E-state index contributed by atoms with van der Waals surface area (Å²) in [4.78, 5) is 12.0. The highest BCUT2D eigenvalue weighted by Gasteiger charge is 2.08. The molecule has 3 nitrogen and oxygen atoms in total. The number of aromatic nitrogens is 3. The average molecular weight is 175 g/mol. The minimum absolute atomic E-state index is 0.840. The maximum Gasteiger partial charge on any atom is 0.126 e. The van der Waals surface area contributed by atoms with Crippen LogP contribution in [0.25, 0.3) is 11.0 Å². The second kappa shape index (κ2) is 2.55. The van der Waals surface area contributed by atoms with Crippen LogP contribution in [0.5, 0.6) is 0 Å². The van der Waals surface area contributed by atoms with E-state index in [0.717, 1.165) is 22.6 Å². The van der Waals surface area contributed by atoms with Gasteiger partial charge in [-0.05, 0) is 33.3 Å². The third-order valence-electron chi connectivity index (χ3n) is 2.43. The van der Waals surface area contributed by atoms with Crippen molar-refractivity contribution in [3.63, 3.8) is 0 Å². The predicted octanol–water partition coefficient (Wildman–Crippen LogP) is 2.19. The van der Waals surface area contributed by atoms with Crippen LogP contribution in [0.4, 0.5) is 0 Å². The van der Waals surface area contributed by atoms with Crippen molar-refractivity contribution in [1.82, 2.24) is 15.0 Å². The Morgan fingerprint density at radius 2 is 1.69 bits per heavy atom. The first kappa shape index (κ1) is 8.23. The summed E-state index contributed by atoms with van der Waals surface area (Å²) in [6.45, 7) is 8.08. The van der Waals surface area contributed by atoms with Crippen molar-refractivity contribution in [2.24, 2.45) is 0 Å². The van der Waals surface area contributed by atoms with Crippen LogP contribution < -0.4 is 0 Å². The largest absolute Gasteiger partial charge is 0.356 e. The van der Waals surface area contributed by atoms with Crippen molar-refractivity contribution in [3.05, 3.63) is 22.8 Å². The predicted molar refractivity (Wildman–Crippen MR) is 52.8 cm³/mol. The van der Waals surface area contributed by atoms with E-state index in [1.54, 1.807) is 0 Å². The highest BCUT2D eigenvalue weighted by atomic mass is 14.9. The minimum Gasteiger partial charge on any atom is -0.356 e. The molecule has 2 rings (SSSR count). The van der Waals surface area contributed by atoms with Gasteiger partial charge in [-0.2, -0.15) is 0 Å². The van der Waals surface area contributed by atoms with E-state index in [0.29, 0.717) is 0 Å². The van der Waals surface area contributed by atoms with Gasteiger partial charge >= 0.3 is 0 Å². The minimum atomic E-state index is 0.840. The Labute approximate surface area is 77.2 Å². The summed E-state index contributed by atoms with van der Waals surface area (Å²) >= 11 is 0. The molecule has 0 saturated carbocycles. The van der Waals surface area contributed by atoms with Gasteiger partial charge in [0, 0.05) is 5.69 Å². The lowest BCUT2D eigenvalue weighted by molar-refractivity contribution is 1.04. The summed E-state index contributed by atoms with van der Waals surface area (Å²) in [5, 5.41) is 0. The molecule has 0 atom stereocenters. The monoisotopic (exact) mass is 175 g/mol. The number of rotatable bonds is 0. The van der Waals surface area contributed by atoms with Gasteiger partial charge in [0.15, 0.2) is 0 Å². The highest BCUT2D eigenvalue weighted by Crippen LogP contribution is 2.20. The summed E-state index contributed by atoms with van der Waals surface area (Å²) in [7, 11) is 0. The molecule has 0 spiro atoms. The van der Waals surface area contributed by atoms with Crippen LogP contribution in [0.2, 0.25) is 0 Å². The molecule has 1 N–H and O–H groups in total. The molecule has 2 heterocycles. The van der Waals surface area contributed by atoms with E-state index in [2.05, 4.69) is 28.8 Å². The summed E-state index contributed by atoms with van der Waals surface area (Å²) in [6, 6.07) is 0. The van der Waals surface area contributed by atoms with Crippen molar-refractivity contribution in [3.8, 4) is 0 Å². The van der Waals surface area contributed by atoms with Gasteiger partial charge in [0.1, 0.15) is 5.82 Å². The van der Waals surface area contributed by atoms with Crippen LogP contribution in [-0.2, 0) is 0 Å². The Kier molecular flexibility index (Phi) is 1.62. The van der Waals surface area contributed by atoms with Crippen molar-refractivity contribution in [1.29, 1.82) is 0 Å². The van der Waals surface area contributed by atoms with Gasteiger partial charge in [0.05, 0.1) is 16.7 Å². The Morgan fingerprint density at radius 1 is 1.00 bits per heavy atom. The molecule has 0 aliphatic carbocycles. The molecule has 2 aromatic heterocycles. The molecule has 0 unspecified atom stereocenters. The highest BCUT2D eigenvalue weighted by molar-refractivity contribution is 5.81. The van der Waals surface area contributed by atoms with Gasteiger partial charge in [0.25, 0.3) is 0 Å². The molecular formula is C10H13N3. The van der Waals surface area contributed by atoms with Crippen molar-refractivity contribution in [2.45, 2.75) is 27.7 Å². The van der Waals surface area contributed by atoms with Crippen LogP contribution in [-0.4, -0.2) is 15.0 Å². The molecule has 13 heavy (non-hydrogen) atoms. The maximum atomic E-state index is 4.41. The fourth-order valence-electron chi connectivity index (χ4n) is 1.59. The molecule has 68 valence electrons. The smallest absolute Gasteiger partial charge is 0.126 e. The molecular weight excluding hydrogens is 162 g/mol. The number of aryl methyl sites for hydroxylation is 4. The van der Waals surface area contributed by atoms with Crippen LogP contribution in [0.1, 0.15) is 22.8 Å². The number of hydrogen-bond acceptors (Lipinski definition) is 2. The molecule has 0 aromatic carbocycles. The van der Waals surface area contributed by atoms with Crippen molar-refractivity contribution in [2.75, 3.05) is 0 Å². The fourth-order valence-corrected chi connectivity index (χ4v) is 1.59. The van der Waals surface area contributed by atoms with Gasteiger partial charge in [-0.25, -0.2) is 9.97 Å². The van der Waals surface area contributed by atoms with E-state index < -0.39 is 0 Å². The third kappa shape index (κ3) is 1.11. The lowest BCUT2D eigenvalue weighted by atomic mass is 10.2. The first-order valence-corrected chi connectivity index (χ1v) is 4.39. The summed E-state index contributed by atoms with van der Waals surface area (Å²) in [6.07, 6.45) is 0. The van der Waals surface area contributed by atoms with E-state index in [4.69, 9.17) is 0 Å². The quantitative estimate of drug-likeness (QED) is 0.666. The zero-order chi connectivity index (χ0) is 9.59. The summed E-state index contributed by atoms with van der Waals surface area (Å²) < 4.78 is 0. The molecule has 0 fully saturated rings. The summed E-state index contributed by atoms with van der Waals surface area (Å²) in [5.41, 5.74) is 5.56. The molecule has 3 heteroatoms. The Bertz CT molecular complexity index is 468. The number of aromatic amines is 1. The molecule has 0 bridgehead atoms. The molecule has 0 saturated heterocycles. The fraction of sp³-hybridized carbons (Fsp3) is 0.400. The number of hydrogen-bond donors (Lipinski definition) is 1. The SMILES string of the molecule is Cc1nc(C)c2[nH]c(C)c(C)c2n1. The number of fused-ring (bicyclic) bond motifs is 1. The first-order chi connectivity index (χ1) is 6.09. The second-order valence-corrected chi connectivity index (χ2v) is 3.45. The number of H-pyrrole nitrogens is 1. The van der Waals surface area contributed by atoms with Crippen LogP contribution in [0, 0.1) is 27.7 Å². The van der Waals surface area contributed by atoms with Crippen LogP contribution in [0.3, 0.4) is 0 Å². The van der Waals surface area contributed by atoms with E-state index in [-0.39, 0.29) is 0 Å². The van der Waals surface area contributed by atoms with Gasteiger partial charge in [-0.15, -0.1) is 0 Å². The van der Waals surface area contributed by atoms with Crippen molar-refractivity contribution >= 4 is 11.0 Å². The molecule has 0 radical (unpaired) electrons. The van der Waals surface area contributed by atoms with Gasteiger partial charge < -0.3 is 4.98 Å². The standard InChI is InChI=1S/C10H13N3/c1-5-6(2)12-10-7(3)11-8(4)13-9(5)10/h12H,1-4H3. The Balaban J connectivity index is 2.94. The van der Waals surface area contributed by atoms with Crippen LogP contribution >= 0.6 is 0 Å². The normalized spacial score (nSPS) is 11.1. The Hall–Kier alpha value is -1.38. The van der Waals surface area contributed by atoms with E-state index in [1.165, 1.54) is 11.3 Å². The second-order valence-electron chi connectivity index (χ2n) is 3.45. The van der Waals surface area contributed by atoms with Gasteiger partial charge in [0.2, 0.25) is 0 Å². The lowest BCUT2D eigenvalue weighted by Crippen LogP contribution is -1.91. The molecule has 0 amide bonds. The molecule has 0 aliphatic rings. The number of nitrogens with zero attached hydrogens (tertiary/aromatic N) is 2. The van der Waals surface area contributed by atoms with Gasteiger partial charge in [-0.3, -0.25) is 0 Å². The zero-order valence-corrected chi connectivity index (χ0v) is 8.39. The van der Waals surface area contributed by atoms with Crippen molar-refractivity contribution < 1.29 is 0 Å². The van der Waals surface area contributed by atoms with E-state index in [9.17, 15) is 0 Å². The summed E-state index contributed by atoms with van der Waals surface area (Å²) in [5.74, 6) is 0.840. The van der Waals surface area contributed by atoms with Crippen LogP contribution in [0.15, 0.2) is 0 Å². The third-order valence-corrected chi connectivity index (χ3v) is 2.43. The number of nitrogens with one attached hydrogen (secondary N) is 1. The molecule has 2 aromatic rings. The lowest BCUT2D eigenvalue weighted by Gasteiger charge is -1.97. The van der Waals surface area contributed by atoms with E-state index in [1.807, 2.05) is 13.8 Å². The van der Waals surface area contributed by atoms with E-state index >= 15 is 0 Å². The van der Waals surface area contributed by atoms with Gasteiger partial charge in [-0.1, -0.05) is 0 Å². The Morgan fingerprint density at radius 3 is 2.38 bits per heavy atom. The molecule has 0 aliphatic heterocycles. The average Bonchev–Trinajstić information content (AvgIpc) is 2.32. The zero-order valence-electron chi connectivity index (χ0n) is 8.39.